The van der Waals surface area contributed by atoms with E-state index in [0.29, 0.717) is 5.52 Å². The topological polar surface area (TPSA) is 43.8 Å². The molecule has 0 aliphatic rings. The van der Waals surface area contributed by atoms with Crippen LogP contribution in [0.25, 0.3) is 10.9 Å². The van der Waals surface area contributed by atoms with Gasteiger partial charge in [0.25, 0.3) is 0 Å². The number of aryl methyl sites for hydroxylation is 1. The second-order valence-electron chi connectivity index (χ2n) is 3.21. The summed E-state index contributed by atoms with van der Waals surface area (Å²) >= 11 is 0. The second kappa shape index (κ2) is 2.88. The first kappa shape index (κ1) is 9.82. The molecule has 0 atom stereocenters. The Bertz CT molecular complexity index is 513. The fourth-order valence-electron chi connectivity index (χ4n) is 1.58. The monoisotopic (exact) mass is 215 g/mol. The third kappa shape index (κ3) is 1.42. The molecule has 1 aromatic carbocycles. The van der Waals surface area contributed by atoms with Gasteiger partial charge in [-0.1, -0.05) is 6.07 Å². The maximum absolute atomic E-state index is 12.6. The summed E-state index contributed by atoms with van der Waals surface area (Å²) in [4.78, 5) is 0. The van der Waals surface area contributed by atoms with Crippen LogP contribution in [0, 0.1) is 0 Å². The number of hydrogen-bond donors (Lipinski definition) is 1. The highest BCUT2D eigenvalue weighted by Gasteiger charge is 2.34. The van der Waals surface area contributed by atoms with Crippen LogP contribution in [0.3, 0.4) is 0 Å². The molecule has 6 heteroatoms. The van der Waals surface area contributed by atoms with Crippen molar-refractivity contribution in [1.29, 1.82) is 0 Å². The summed E-state index contributed by atoms with van der Waals surface area (Å²) in [6.07, 6.45) is -4.41. The molecule has 2 aromatic rings. The van der Waals surface area contributed by atoms with Gasteiger partial charge in [-0.15, -0.1) is 0 Å². The van der Waals surface area contributed by atoms with Crippen molar-refractivity contribution in [3.05, 3.63) is 23.8 Å². The molecule has 0 saturated carbocycles. The number of nitrogens with two attached hydrogens (primary N) is 1. The number of alkyl halides is 3. The van der Waals surface area contributed by atoms with E-state index < -0.39 is 11.7 Å². The van der Waals surface area contributed by atoms with Gasteiger partial charge >= 0.3 is 6.18 Å². The molecular weight excluding hydrogens is 207 g/mol. The van der Waals surface area contributed by atoms with Gasteiger partial charge in [-0.25, -0.2) is 0 Å². The summed E-state index contributed by atoms with van der Waals surface area (Å²) in [6, 6.07) is 3.89. The van der Waals surface area contributed by atoms with E-state index in [1.54, 1.807) is 13.1 Å². The van der Waals surface area contributed by atoms with Gasteiger partial charge in [0.1, 0.15) is 0 Å². The number of rotatable bonds is 0. The summed E-state index contributed by atoms with van der Waals surface area (Å²) in [5, 5.41) is 3.72. The molecule has 80 valence electrons. The lowest BCUT2D eigenvalue weighted by molar-refractivity contribution is -0.136. The van der Waals surface area contributed by atoms with Crippen molar-refractivity contribution in [2.45, 2.75) is 6.18 Å². The Kier molecular flexibility index (Phi) is 1.89. The third-order valence-electron chi connectivity index (χ3n) is 2.21. The summed E-state index contributed by atoms with van der Waals surface area (Å²) in [5.41, 5.74) is 5.07. The molecule has 0 saturated heterocycles. The molecule has 0 aliphatic heterocycles. The predicted molar refractivity (Wildman–Crippen MR) is 50.1 cm³/mol. The van der Waals surface area contributed by atoms with Gasteiger partial charge in [-0.3, -0.25) is 4.68 Å². The summed E-state index contributed by atoms with van der Waals surface area (Å²) in [7, 11) is 1.55. The summed E-state index contributed by atoms with van der Waals surface area (Å²) in [6.45, 7) is 0. The number of nitrogen functional groups attached to an aromatic ring is 1. The van der Waals surface area contributed by atoms with Gasteiger partial charge in [-0.05, 0) is 12.1 Å². The van der Waals surface area contributed by atoms with Crippen molar-refractivity contribution >= 4 is 16.7 Å². The van der Waals surface area contributed by atoms with E-state index in [-0.39, 0.29) is 11.2 Å². The number of aromatic nitrogens is 2. The maximum atomic E-state index is 12.6. The van der Waals surface area contributed by atoms with Crippen LogP contribution >= 0.6 is 0 Å². The molecule has 3 nitrogen and oxygen atoms in total. The number of nitrogens with zero attached hydrogens (tertiary/aromatic N) is 2. The highest BCUT2D eigenvalue weighted by atomic mass is 19.4. The molecule has 1 aromatic heterocycles. The largest absolute Gasteiger partial charge is 0.417 e. The molecule has 2 N–H and O–H groups in total. The van der Waals surface area contributed by atoms with Crippen LogP contribution in [0.15, 0.2) is 18.2 Å². The minimum atomic E-state index is -4.41. The van der Waals surface area contributed by atoms with E-state index in [1.165, 1.54) is 10.7 Å². The second-order valence-corrected chi connectivity index (χ2v) is 3.21. The molecule has 0 amide bonds. The number of anilines is 1. The normalized spacial score (nSPS) is 12.3. The van der Waals surface area contributed by atoms with Gasteiger partial charge < -0.3 is 5.73 Å². The van der Waals surface area contributed by atoms with Crippen molar-refractivity contribution in [3.8, 4) is 0 Å². The first-order valence-electron chi connectivity index (χ1n) is 4.19. The first-order valence-corrected chi connectivity index (χ1v) is 4.19. The Morgan fingerprint density at radius 3 is 2.60 bits per heavy atom. The quantitative estimate of drug-likeness (QED) is 0.731. The van der Waals surface area contributed by atoms with Gasteiger partial charge in [0, 0.05) is 7.05 Å². The van der Waals surface area contributed by atoms with E-state index in [0.717, 1.165) is 6.07 Å². The summed E-state index contributed by atoms with van der Waals surface area (Å²) < 4.78 is 39.2. The molecular formula is C9H8F3N3. The van der Waals surface area contributed by atoms with Crippen molar-refractivity contribution in [3.63, 3.8) is 0 Å². The average molecular weight is 215 g/mol. The molecule has 0 aliphatic carbocycles. The lowest BCUT2D eigenvalue weighted by atomic mass is 10.1. The lowest BCUT2D eigenvalue weighted by Crippen LogP contribution is -2.06. The minimum absolute atomic E-state index is 0.0347. The molecule has 15 heavy (non-hydrogen) atoms. The fourth-order valence-corrected chi connectivity index (χ4v) is 1.58. The van der Waals surface area contributed by atoms with Crippen molar-refractivity contribution in [1.82, 2.24) is 9.78 Å². The van der Waals surface area contributed by atoms with Crippen LogP contribution in [0.2, 0.25) is 0 Å². The Hall–Kier alpha value is -1.72. The van der Waals surface area contributed by atoms with Crippen molar-refractivity contribution in [2.75, 3.05) is 5.73 Å². The smallest absolute Gasteiger partial charge is 0.382 e. The van der Waals surface area contributed by atoms with Crippen LogP contribution in [0.5, 0.6) is 0 Å². The first-order chi connectivity index (χ1) is 6.91. The van der Waals surface area contributed by atoms with E-state index in [1.807, 2.05) is 0 Å². The van der Waals surface area contributed by atoms with E-state index in [2.05, 4.69) is 5.10 Å². The lowest BCUT2D eigenvalue weighted by Gasteiger charge is -2.07. The Morgan fingerprint density at radius 2 is 2.00 bits per heavy atom. The van der Waals surface area contributed by atoms with Gasteiger partial charge in [-0.2, -0.15) is 18.3 Å². The Labute approximate surface area is 83.3 Å². The van der Waals surface area contributed by atoms with Gasteiger partial charge in [0.05, 0.1) is 16.5 Å². The number of benzene rings is 1. The molecule has 0 radical (unpaired) electrons. The molecule has 0 unspecified atom stereocenters. The minimum Gasteiger partial charge on any atom is -0.382 e. The third-order valence-corrected chi connectivity index (χ3v) is 2.21. The Balaban J connectivity index is 2.87. The van der Waals surface area contributed by atoms with Crippen LogP contribution in [-0.4, -0.2) is 9.78 Å². The van der Waals surface area contributed by atoms with Gasteiger partial charge in [0.15, 0.2) is 5.82 Å². The van der Waals surface area contributed by atoms with E-state index >= 15 is 0 Å². The highest BCUT2D eigenvalue weighted by molar-refractivity contribution is 5.92. The van der Waals surface area contributed by atoms with Crippen LogP contribution in [-0.2, 0) is 13.2 Å². The molecule has 0 spiro atoms. The zero-order valence-corrected chi connectivity index (χ0v) is 7.84. The molecule has 0 bridgehead atoms. The maximum Gasteiger partial charge on any atom is 0.417 e. The van der Waals surface area contributed by atoms with Crippen molar-refractivity contribution < 1.29 is 13.2 Å². The number of fused-ring (bicyclic) bond motifs is 1. The van der Waals surface area contributed by atoms with Crippen molar-refractivity contribution in [2.24, 2.45) is 7.05 Å². The van der Waals surface area contributed by atoms with Gasteiger partial charge in [0.2, 0.25) is 0 Å². The van der Waals surface area contributed by atoms with E-state index in [4.69, 9.17) is 5.73 Å². The Morgan fingerprint density at radius 1 is 1.33 bits per heavy atom. The SMILES string of the molecule is Cn1nc(N)c2c(C(F)(F)F)cccc21. The zero-order valence-electron chi connectivity index (χ0n) is 7.84. The van der Waals surface area contributed by atoms with E-state index in [9.17, 15) is 13.2 Å². The van der Waals surface area contributed by atoms with Crippen LogP contribution in [0.1, 0.15) is 5.56 Å². The van der Waals surface area contributed by atoms with Crippen LogP contribution < -0.4 is 5.73 Å². The standard InChI is InChI=1S/C9H8F3N3/c1-15-6-4-2-3-5(9(10,11)12)7(6)8(13)14-15/h2-4H,1H3,(H2,13,14). The molecule has 1 heterocycles. The number of halogens is 3. The average Bonchev–Trinajstić information content (AvgIpc) is 2.41. The zero-order chi connectivity index (χ0) is 11.2. The fraction of sp³-hybridized carbons (Fsp3) is 0.222. The number of hydrogen-bond acceptors (Lipinski definition) is 2. The molecule has 2 rings (SSSR count). The summed E-state index contributed by atoms with van der Waals surface area (Å²) in [5.74, 6) is -0.0968. The predicted octanol–water partition coefficient (Wildman–Crippen LogP) is 2.17. The highest BCUT2D eigenvalue weighted by Crippen LogP contribution is 2.36. The van der Waals surface area contributed by atoms with Crippen LogP contribution in [0.4, 0.5) is 19.0 Å². The molecule has 0 fully saturated rings.